The molecular formula is C30H64N2O6P2. The van der Waals surface area contributed by atoms with E-state index < -0.39 is 15.2 Å². The minimum absolute atomic E-state index is 0.00424. The molecule has 0 saturated heterocycles. The zero-order valence-electron chi connectivity index (χ0n) is 27.4. The van der Waals surface area contributed by atoms with E-state index in [9.17, 15) is 14.0 Å². The fourth-order valence-electron chi connectivity index (χ4n) is 5.08. The molecule has 0 spiro atoms. The van der Waals surface area contributed by atoms with Crippen LogP contribution in [0.25, 0.3) is 0 Å². The fourth-order valence-corrected chi connectivity index (χ4v) is 6.94. The highest BCUT2D eigenvalue weighted by molar-refractivity contribution is 7.51. The summed E-state index contributed by atoms with van der Waals surface area (Å²) < 4.78 is 25.5. The number of hydrogen-bond acceptors (Lipinski definition) is 3. The molecule has 0 aliphatic heterocycles. The third-order valence-corrected chi connectivity index (χ3v) is 8.29. The molecule has 1 rings (SSSR count). The van der Waals surface area contributed by atoms with Gasteiger partial charge in [0.05, 0.1) is 19.8 Å². The summed E-state index contributed by atoms with van der Waals surface area (Å²) in [7, 11) is -5.79. The highest BCUT2D eigenvalue weighted by atomic mass is 31.2. The summed E-state index contributed by atoms with van der Waals surface area (Å²) in [6.45, 7) is 19.5. The quantitative estimate of drug-likeness (QED) is 0.109. The molecule has 40 heavy (non-hydrogen) atoms. The minimum atomic E-state index is -4.06. The predicted molar refractivity (Wildman–Crippen MR) is 166 cm³/mol. The Morgan fingerprint density at radius 3 is 1.57 bits per heavy atom. The van der Waals surface area contributed by atoms with E-state index in [2.05, 4.69) is 83.4 Å². The van der Waals surface area contributed by atoms with E-state index in [0.29, 0.717) is 0 Å². The van der Waals surface area contributed by atoms with Gasteiger partial charge in [-0.05, 0) is 48.3 Å². The predicted octanol–water partition coefficient (Wildman–Crippen LogP) is 7.29. The lowest BCUT2D eigenvalue weighted by molar-refractivity contribution is -0.671. The molecule has 0 aromatic carbocycles. The van der Waals surface area contributed by atoms with Gasteiger partial charge < -0.3 is 24.1 Å². The maximum Gasteiger partial charge on any atom is 0.325 e. The Kier molecular flexibility index (Phi) is 21.3. The van der Waals surface area contributed by atoms with Crippen molar-refractivity contribution in [2.24, 2.45) is 29.7 Å². The number of rotatable bonds is 15. The van der Waals surface area contributed by atoms with Crippen molar-refractivity contribution in [1.82, 2.24) is 4.57 Å². The summed E-state index contributed by atoms with van der Waals surface area (Å²) >= 11 is 0. The molecule has 1 heterocycles. The normalized spacial score (nSPS) is 15.2. The zero-order chi connectivity index (χ0) is 31.6. The van der Waals surface area contributed by atoms with Crippen LogP contribution in [-0.2, 0) is 22.7 Å². The van der Waals surface area contributed by atoms with Gasteiger partial charge in [0.2, 0.25) is 6.33 Å². The second-order valence-corrected chi connectivity index (χ2v) is 17.5. The molecule has 0 aliphatic carbocycles. The van der Waals surface area contributed by atoms with E-state index in [1.807, 2.05) is 13.8 Å². The van der Waals surface area contributed by atoms with Gasteiger partial charge in [0.25, 0.3) is 0 Å². The van der Waals surface area contributed by atoms with Crippen LogP contribution in [0.2, 0.25) is 0 Å². The molecule has 3 atom stereocenters. The highest BCUT2D eigenvalue weighted by Crippen LogP contribution is 2.39. The lowest BCUT2D eigenvalue weighted by atomic mass is 9.86. The van der Waals surface area contributed by atoms with Gasteiger partial charge >= 0.3 is 7.60 Å². The van der Waals surface area contributed by atoms with Gasteiger partial charge in [-0.25, -0.2) is 9.13 Å². The van der Waals surface area contributed by atoms with Crippen molar-refractivity contribution in [1.29, 1.82) is 0 Å². The molecule has 3 unspecified atom stereocenters. The summed E-state index contributed by atoms with van der Waals surface area (Å²) in [4.78, 5) is 36.5. The number of imidazole rings is 1. The second-order valence-electron chi connectivity index (χ2n) is 14.2. The summed E-state index contributed by atoms with van der Waals surface area (Å²) in [5.74, 6) is 0.115. The van der Waals surface area contributed by atoms with E-state index in [1.165, 1.54) is 57.9 Å². The molecule has 0 bridgehead atoms. The van der Waals surface area contributed by atoms with Gasteiger partial charge in [-0.1, -0.05) is 101 Å². The fraction of sp³-hybridized carbons (Fsp3) is 0.900. The number of nitrogens with zero attached hydrogens (tertiary/aromatic N) is 2. The zero-order valence-corrected chi connectivity index (χ0v) is 29.2. The minimum Gasteiger partial charge on any atom is -0.779 e. The molecule has 0 amide bonds. The molecule has 3 N–H and O–H groups in total. The molecule has 0 radical (unpaired) electrons. The van der Waals surface area contributed by atoms with E-state index >= 15 is 0 Å². The van der Waals surface area contributed by atoms with Crippen molar-refractivity contribution in [2.45, 2.75) is 133 Å². The van der Waals surface area contributed by atoms with Gasteiger partial charge in [0.15, 0.2) is 0 Å². The molecule has 10 heteroatoms. The van der Waals surface area contributed by atoms with Crippen LogP contribution in [0.4, 0.5) is 0 Å². The standard InChI is InChI=1S/C14H27N2.2C8H19O3P/c1-3-4-5-6-7-8-9-10-11-16-13-12-15(2)14-16;2*1-7(5-8(2,3)4)6-12(9,10)11/h12-14H,3-11H2,1-2H3;2*7H,5-6H2,1-4H3,(H2,9,10,11)/q+1;;/p-1. The van der Waals surface area contributed by atoms with Gasteiger partial charge in [0.1, 0.15) is 20.0 Å². The van der Waals surface area contributed by atoms with Crippen LogP contribution < -0.4 is 9.46 Å². The first-order valence-electron chi connectivity index (χ1n) is 15.1. The molecular weight excluding hydrogens is 546 g/mol. The van der Waals surface area contributed by atoms with Crippen LogP contribution in [0.1, 0.15) is 127 Å². The van der Waals surface area contributed by atoms with Crippen LogP contribution in [0.3, 0.4) is 0 Å². The number of unbranched alkanes of at least 4 members (excludes halogenated alkanes) is 7. The Morgan fingerprint density at radius 2 is 1.23 bits per heavy atom. The Hall–Kier alpha value is -0.490. The van der Waals surface area contributed by atoms with Crippen LogP contribution in [0, 0.1) is 22.7 Å². The van der Waals surface area contributed by atoms with Crippen LogP contribution >= 0.6 is 15.2 Å². The second kappa shape index (κ2) is 20.4. The number of aryl methyl sites for hydroxylation is 2. The van der Waals surface area contributed by atoms with Gasteiger partial charge in [-0.15, -0.1) is 0 Å². The third kappa shape index (κ3) is 33.7. The van der Waals surface area contributed by atoms with Crippen LogP contribution in [0.15, 0.2) is 18.7 Å². The lowest BCUT2D eigenvalue weighted by Crippen LogP contribution is -2.23. The van der Waals surface area contributed by atoms with E-state index in [4.69, 9.17) is 14.7 Å². The maximum absolute atomic E-state index is 10.6. The largest absolute Gasteiger partial charge is 0.779 e. The number of hydrogen-bond donors (Lipinski definition) is 3. The van der Waals surface area contributed by atoms with Crippen molar-refractivity contribution >= 4 is 15.2 Å². The van der Waals surface area contributed by atoms with Crippen molar-refractivity contribution in [3.05, 3.63) is 18.7 Å². The Labute approximate surface area is 246 Å². The van der Waals surface area contributed by atoms with Crippen LogP contribution in [-0.4, -0.2) is 31.6 Å². The SMILES string of the molecule is CC(CC(C)(C)C)CP(=O)(O)O.CC(CC(C)(C)C)CP(=O)([O-])O.CCCCCCCCCCn1cc[n+](C)c1. The van der Waals surface area contributed by atoms with Crippen molar-refractivity contribution < 1.29 is 33.3 Å². The van der Waals surface area contributed by atoms with E-state index in [-0.39, 0.29) is 35.0 Å². The Morgan fingerprint density at radius 1 is 0.800 bits per heavy atom. The van der Waals surface area contributed by atoms with E-state index in [1.54, 1.807) is 0 Å². The third-order valence-electron chi connectivity index (χ3n) is 6.11. The van der Waals surface area contributed by atoms with E-state index in [0.717, 1.165) is 12.8 Å². The maximum atomic E-state index is 10.6. The summed E-state index contributed by atoms with van der Waals surface area (Å²) in [6.07, 6.45) is 19.1. The van der Waals surface area contributed by atoms with Crippen molar-refractivity contribution in [3.8, 4) is 0 Å². The van der Waals surface area contributed by atoms with Crippen molar-refractivity contribution in [2.75, 3.05) is 12.3 Å². The first-order chi connectivity index (χ1) is 18.0. The summed E-state index contributed by atoms with van der Waals surface area (Å²) in [6, 6.07) is 0. The topological polar surface area (TPSA) is 127 Å². The molecule has 0 saturated carbocycles. The average molecular weight is 611 g/mol. The molecule has 1 aromatic heterocycles. The Balaban J connectivity index is 0. The average Bonchev–Trinajstić information content (AvgIpc) is 3.10. The first kappa shape index (κ1) is 41.6. The number of aromatic nitrogens is 2. The molecule has 1 aromatic rings. The van der Waals surface area contributed by atoms with Gasteiger partial charge in [0, 0.05) is 6.16 Å². The van der Waals surface area contributed by atoms with Crippen LogP contribution in [0.5, 0.6) is 0 Å². The molecule has 0 aliphatic rings. The lowest BCUT2D eigenvalue weighted by Gasteiger charge is -2.26. The highest BCUT2D eigenvalue weighted by Gasteiger charge is 2.22. The van der Waals surface area contributed by atoms with Gasteiger partial charge in [-0.2, -0.15) is 0 Å². The monoisotopic (exact) mass is 610 g/mol. The smallest absolute Gasteiger partial charge is 0.325 e. The molecule has 0 fully saturated rings. The molecule has 8 nitrogen and oxygen atoms in total. The molecule has 240 valence electrons. The Bertz CT molecular complexity index is 807. The summed E-state index contributed by atoms with van der Waals surface area (Å²) in [5.41, 5.74) is 0.267. The first-order valence-corrected chi connectivity index (χ1v) is 18.7. The summed E-state index contributed by atoms with van der Waals surface area (Å²) in [5, 5.41) is 0. The van der Waals surface area contributed by atoms with Crippen molar-refractivity contribution in [3.63, 3.8) is 0 Å². The van der Waals surface area contributed by atoms with Gasteiger partial charge in [-0.3, -0.25) is 4.57 Å².